The van der Waals surface area contributed by atoms with Crippen LogP contribution in [-0.2, 0) is 0 Å². The fourth-order valence-corrected chi connectivity index (χ4v) is 2.91. The fraction of sp³-hybridized carbons (Fsp3) is 0.600. The molecule has 0 heterocycles. The van der Waals surface area contributed by atoms with E-state index >= 15 is 0 Å². The van der Waals surface area contributed by atoms with Crippen molar-refractivity contribution in [3.05, 3.63) is 39.9 Å². The van der Waals surface area contributed by atoms with E-state index in [1.54, 1.807) is 12.1 Å². The van der Waals surface area contributed by atoms with Gasteiger partial charge in [0.15, 0.2) is 0 Å². The molecule has 0 aromatic heterocycles. The van der Waals surface area contributed by atoms with Crippen LogP contribution in [0.1, 0.15) is 57.1 Å². The molecule has 1 aliphatic carbocycles. The van der Waals surface area contributed by atoms with Crippen LogP contribution in [0, 0.1) is 10.1 Å². The van der Waals surface area contributed by atoms with Crippen molar-refractivity contribution in [1.29, 1.82) is 0 Å². The van der Waals surface area contributed by atoms with Crippen LogP contribution in [0.25, 0.3) is 0 Å². The van der Waals surface area contributed by atoms with E-state index in [1.165, 1.54) is 38.5 Å². The highest BCUT2D eigenvalue weighted by Gasteiger charge is 2.21. The molecule has 2 rings (SSSR count). The molecule has 1 atom stereocenters. The molecule has 1 fully saturated rings. The van der Waals surface area contributed by atoms with Gasteiger partial charge in [-0.05, 0) is 19.8 Å². The zero-order valence-corrected chi connectivity index (χ0v) is 11.5. The number of hydrogen-bond donors (Lipinski definition) is 1. The van der Waals surface area contributed by atoms with Gasteiger partial charge in [0.1, 0.15) is 0 Å². The summed E-state index contributed by atoms with van der Waals surface area (Å²) in [7, 11) is 0. The predicted molar refractivity (Wildman–Crippen MR) is 76.1 cm³/mol. The molecule has 1 unspecified atom stereocenters. The Hall–Kier alpha value is -1.42. The van der Waals surface area contributed by atoms with E-state index in [0.717, 1.165) is 5.56 Å². The largest absolute Gasteiger partial charge is 0.307 e. The van der Waals surface area contributed by atoms with Gasteiger partial charge in [-0.3, -0.25) is 10.1 Å². The van der Waals surface area contributed by atoms with Gasteiger partial charge >= 0.3 is 0 Å². The topological polar surface area (TPSA) is 55.2 Å². The molecule has 4 heteroatoms. The lowest BCUT2D eigenvalue weighted by atomic mass is 10.0. The van der Waals surface area contributed by atoms with Gasteiger partial charge in [0.2, 0.25) is 0 Å². The van der Waals surface area contributed by atoms with Crippen molar-refractivity contribution >= 4 is 5.69 Å². The third kappa shape index (κ3) is 3.77. The molecule has 104 valence electrons. The van der Waals surface area contributed by atoms with E-state index in [1.807, 2.05) is 19.1 Å². The Morgan fingerprint density at radius 2 is 1.84 bits per heavy atom. The molecule has 0 amide bonds. The molecule has 1 aliphatic rings. The summed E-state index contributed by atoms with van der Waals surface area (Å²) in [6.45, 7) is 2.02. The quantitative estimate of drug-likeness (QED) is 0.507. The van der Waals surface area contributed by atoms with Crippen molar-refractivity contribution in [2.75, 3.05) is 0 Å². The van der Waals surface area contributed by atoms with Gasteiger partial charge in [0, 0.05) is 23.7 Å². The Morgan fingerprint density at radius 1 is 1.21 bits per heavy atom. The van der Waals surface area contributed by atoms with Crippen LogP contribution in [0.2, 0.25) is 0 Å². The fourth-order valence-electron chi connectivity index (χ4n) is 2.91. The smallest absolute Gasteiger partial charge is 0.274 e. The van der Waals surface area contributed by atoms with Crippen molar-refractivity contribution in [2.24, 2.45) is 0 Å². The summed E-state index contributed by atoms with van der Waals surface area (Å²) < 4.78 is 0. The van der Waals surface area contributed by atoms with Gasteiger partial charge in [0.25, 0.3) is 5.69 Å². The zero-order chi connectivity index (χ0) is 13.7. The van der Waals surface area contributed by atoms with Crippen LogP contribution in [0.15, 0.2) is 24.3 Å². The SMILES string of the molecule is CC(NC1CCCCCC1)c1ccccc1[N+](=O)[O-]. The highest BCUT2D eigenvalue weighted by Crippen LogP contribution is 2.26. The molecule has 1 aromatic carbocycles. The van der Waals surface area contributed by atoms with Crippen molar-refractivity contribution in [3.8, 4) is 0 Å². The minimum atomic E-state index is -0.291. The van der Waals surface area contributed by atoms with E-state index in [0.29, 0.717) is 6.04 Å². The Morgan fingerprint density at radius 3 is 2.47 bits per heavy atom. The summed E-state index contributed by atoms with van der Waals surface area (Å²) in [4.78, 5) is 10.8. The van der Waals surface area contributed by atoms with E-state index in [-0.39, 0.29) is 16.7 Å². The lowest BCUT2D eigenvalue weighted by Gasteiger charge is -2.22. The average molecular weight is 262 g/mol. The summed E-state index contributed by atoms with van der Waals surface area (Å²) in [5.74, 6) is 0. The lowest BCUT2D eigenvalue weighted by molar-refractivity contribution is -0.385. The second kappa shape index (κ2) is 6.66. The molecule has 0 aliphatic heterocycles. The molecule has 0 bridgehead atoms. The normalized spacial score (nSPS) is 18.8. The third-order valence-corrected chi connectivity index (χ3v) is 3.94. The number of nitro benzene ring substituents is 1. The van der Waals surface area contributed by atoms with Crippen LogP contribution in [-0.4, -0.2) is 11.0 Å². The van der Waals surface area contributed by atoms with E-state index in [9.17, 15) is 10.1 Å². The van der Waals surface area contributed by atoms with Crippen molar-refractivity contribution in [3.63, 3.8) is 0 Å². The first kappa shape index (κ1) is 14.0. The standard InChI is InChI=1S/C15H22N2O2/c1-12(16-13-8-4-2-3-5-9-13)14-10-6-7-11-15(14)17(18)19/h6-7,10-13,16H,2-5,8-9H2,1H3. The van der Waals surface area contributed by atoms with Crippen LogP contribution in [0.4, 0.5) is 5.69 Å². The van der Waals surface area contributed by atoms with Crippen LogP contribution < -0.4 is 5.32 Å². The Labute approximate surface area is 114 Å². The highest BCUT2D eigenvalue weighted by molar-refractivity contribution is 5.41. The second-order valence-electron chi connectivity index (χ2n) is 5.39. The maximum atomic E-state index is 11.1. The molecule has 1 aromatic rings. The summed E-state index contributed by atoms with van der Waals surface area (Å²) >= 11 is 0. The third-order valence-electron chi connectivity index (χ3n) is 3.94. The number of nitrogens with zero attached hydrogens (tertiary/aromatic N) is 1. The number of benzene rings is 1. The summed E-state index contributed by atoms with van der Waals surface area (Å²) in [5.41, 5.74) is 1.01. The Kier molecular flexibility index (Phi) is 4.91. The second-order valence-corrected chi connectivity index (χ2v) is 5.39. The minimum absolute atomic E-state index is 0.0321. The molecule has 1 N–H and O–H groups in total. The molecule has 4 nitrogen and oxygen atoms in total. The van der Waals surface area contributed by atoms with Crippen LogP contribution in [0.3, 0.4) is 0 Å². The van der Waals surface area contributed by atoms with Crippen molar-refractivity contribution < 1.29 is 4.92 Å². The lowest BCUT2D eigenvalue weighted by Crippen LogP contribution is -2.31. The average Bonchev–Trinajstić information content (AvgIpc) is 2.67. The Bertz CT molecular complexity index is 426. The maximum absolute atomic E-state index is 11.1. The maximum Gasteiger partial charge on any atom is 0.274 e. The van der Waals surface area contributed by atoms with Crippen molar-refractivity contribution in [2.45, 2.75) is 57.5 Å². The number of para-hydroxylation sites is 1. The van der Waals surface area contributed by atoms with E-state index in [4.69, 9.17) is 0 Å². The number of rotatable bonds is 4. The van der Waals surface area contributed by atoms with Gasteiger partial charge in [-0.15, -0.1) is 0 Å². The first-order valence-electron chi connectivity index (χ1n) is 7.18. The zero-order valence-electron chi connectivity index (χ0n) is 11.5. The first-order chi connectivity index (χ1) is 9.18. The molecular weight excluding hydrogens is 240 g/mol. The number of nitro groups is 1. The molecule has 0 spiro atoms. The molecule has 0 radical (unpaired) electrons. The van der Waals surface area contributed by atoms with Crippen LogP contribution in [0.5, 0.6) is 0 Å². The number of nitrogens with one attached hydrogen (secondary N) is 1. The predicted octanol–water partition coefficient (Wildman–Crippen LogP) is 3.97. The Balaban J connectivity index is 2.06. The van der Waals surface area contributed by atoms with Crippen LogP contribution >= 0.6 is 0 Å². The molecule has 0 saturated heterocycles. The monoisotopic (exact) mass is 262 g/mol. The summed E-state index contributed by atoms with van der Waals surface area (Å²) in [6.07, 6.45) is 7.54. The summed E-state index contributed by atoms with van der Waals surface area (Å²) in [5, 5.41) is 14.6. The first-order valence-corrected chi connectivity index (χ1v) is 7.18. The number of hydrogen-bond acceptors (Lipinski definition) is 3. The summed E-state index contributed by atoms with van der Waals surface area (Å²) in [6, 6.07) is 7.56. The van der Waals surface area contributed by atoms with Gasteiger partial charge in [-0.2, -0.15) is 0 Å². The molecule has 19 heavy (non-hydrogen) atoms. The molecule has 1 saturated carbocycles. The highest BCUT2D eigenvalue weighted by atomic mass is 16.6. The van der Waals surface area contributed by atoms with Gasteiger partial charge < -0.3 is 5.32 Å². The van der Waals surface area contributed by atoms with Gasteiger partial charge in [0.05, 0.1) is 4.92 Å². The minimum Gasteiger partial charge on any atom is -0.307 e. The van der Waals surface area contributed by atoms with E-state index < -0.39 is 0 Å². The van der Waals surface area contributed by atoms with Crippen molar-refractivity contribution in [1.82, 2.24) is 5.32 Å². The molecular formula is C15H22N2O2. The van der Waals surface area contributed by atoms with Gasteiger partial charge in [-0.25, -0.2) is 0 Å². The van der Waals surface area contributed by atoms with Gasteiger partial charge in [-0.1, -0.05) is 43.9 Å². The van der Waals surface area contributed by atoms with E-state index in [2.05, 4.69) is 5.32 Å².